The molecular weight excluding hydrogens is 337 g/mol. The highest BCUT2D eigenvalue weighted by Crippen LogP contribution is 2.39. The minimum Gasteiger partial charge on any atom is -0.471 e. The lowest BCUT2D eigenvalue weighted by molar-refractivity contribution is -0.151. The number of carbonyl (C=O) groups excluding carboxylic acids is 1. The minimum absolute atomic E-state index is 0.236. The van der Waals surface area contributed by atoms with Gasteiger partial charge in [0.2, 0.25) is 6.10 Å². The van der Waals surface area contributed by atoms with Crippen molar-refractivity contribution in [3.8, 4) is 5.75 Å². The molecule has 23 heavy (non-hydrogen) atoms. The van der Waals surface area contributed by atoms with Gasteiger partial charge in [0.25, 0.3) is 0 Å². The fourth-order valence-electron chi connectivity index (χ4n) is 2.09. The molecule has 0 radical (unpaired) electrons. The Morgan fingerprint density at radius 3 is 2.22 bits per heavy atom. The lowest BCUT2D eigenvalue weighted by Crippen LogP contribution is -2.22. The van der Waals surface area contributed by atoms with Crippen molar-refractivity contribution < 1.29 is 14.3 Å². The van der Waals surface area contributed by atoms with E-state index in [0.29, 0.717) is 17.0 Å². The predicted molar refractivity (Wildman–Crippen MR) is 90.2 cm³/mol. The second-order valence-electron chi connectivity index (χ2n) is 4.90. The molecule has 0 amide bonds. The standard InChI is InChI=1S/C17H17Cl2NO3/c1-4-22-17(21)15(12-8-6-5-7-9-12)23-16-13(18)10(2)20-11(3)14(16)19/h5-9,15H,4H2,1-3H3. The molecule has 0 N–H and O–H groups in total. The van der Waals surface area contributed by atoms with Gasteiger partial charge < -0.3 is 9.47 Å². The molecule has 1 atom stereocenters. The van der Waals surface area contributed by atoms with Gasteiger partial charge in [-0.05, 0) is 20.8 Å². The highest BCUT2D eigenvalue weighted by Gasteiger charge is 2.27. The molecule has 1 aromatic carbocycles. The van der Waals surface area contributed by atoms with Crippen LogP contribution in [0.5, 0.6) is 5.75 Å². The zero-order valence-corrected chi connectivity index (χ0v) is 14.6. The van der Waals surface area contributed by atoms with Gasteiger partial charge in [0.1, 0.15) is 10.0 Å². The smallest absolute Gasteiger partial charge is 0.352 e. The van der Waals surface area contributed by atoms with E-state index in [9.17, 15) is 4.79 Å². The summed E-state index contributed by atoms with van der Waals surface area (Å²) in [5, 5.41) is 0.566. The third-order valence-electron chi connectivity index (χ3n) is 3.21. The van der Waals surface area contributed by atoms with E-state index in [0.717, 1.165) is 0 Å². The van der Waals surface area contributed by atoms with Gasteiger partial charge in [-0.3, -0.25) is 4.98 Å². The van der Waals surface area contributed by atoms with Gasteiger partial charge in [0, 0.05) is 5.56 Å². The Morgan fingerprint density at radius 2 is 1.70 bits per heavy atom. The summed E-state index contributed by atoms with van der Waals surface area (Å²) in [6.45, 7) is 5.49. The molecule has 4 nitrogen and oxygen atoms in total. The quantitative estimate of drug-likeness (QED) is 0.731. The number of aromatic nitrogens is 1. The molecule has 0 aliphatic rings. The summed E-state index contributed by atoms with van der Waals surface area (Å²) in [5.41, 5.74) is 1.82. The summed E-state index contributed by atoms with van der Waals surface area (Å²) in [6.07, 6.45) is -0.952. The number of benzene rings is 1. The molecule has 0 fully saturated rings. The molecular formula is C17H17Cl2NO3. The number of rotatable bonds is 5. The van der Waals surface area contributed by atoms with Crippen LogP contribution in [0.1, 0.15) is 30.0 Å². The minimum atomic E-state index is -0.952. The largest absolute Gasteiger partial charge is 0.471 e. The average molecular weight is 354 g/mol. The molecule has 1 unspecified atom stereocenters. The summed E-state index contributed by atoms with van der Waals surface area (Å²) in [6, 6.07) is 9.05. The number of esters is 1. The lowest BCUT2D eigenvalue weighted by Gasteiger charge is -2.20. The topological polar surface area (TPSA) is 48.4 Å². The van der Waals surface area contributed by atoms with E-state index >= 15 is 0 Å². The Morgan fingerprint density at radius 1 is 1.13 bits per heavy atom. The number of hydrogen-bond donors (Lipinski definition) is 0. The summed E-state index contributed by atoms with van der Waals surface area (Å²) < 4.78 is 11.0. The molecule has 0 saturated heterocycles. The first-order valence-electron chi connectivity index (χ1n) is 7.16. The number of carbonyl (C=O) groups is 1. The van der Waals surface area contributed by atoms with Crippen LogP contribution >= 0.6 is 23.2 Å². The maximum absolute atomic E-state index is 12.3. The van der Waals surface area contributed by atoms with Crippen LogP contribution in [0.3, 0.4) is 0 Å². The first kappa shape index (κ1) is 17.6. The van der Waals surface area contributed by atoms with E-state index in [1.54, 1.807) is 32.9 Å². The normalized spacial score (nSPS) is 11.9. The van der Waals surface area contributed by atoms with Crippen LogP contribution in [0, 0.1) is 13.8 Å². The van der Waals surface area contributed by atoms with Crippen molar-refractivity contribution in [2.45, 2.75) is 26.9 Å². The lowest BCUT2D eigenvalue weighted by atomic mass is 10.1. The van der Waals surface area contributed by atoms with Gasteiger partial charge in [-0.15, -0.1) is 0 Å². The van der Waals surface area contributed by atoms with E-state index < -0.39 is 12.1 Å². The number of aryl methyl sites for hydroxylation is 2. The van der Waals surface area contributed by atoms with Gasteiger partial charge in [0.05, 0.1) is 18.0 Å². The highest BCUT2D eigenvalue weighted by atomic mass is 35.5. The van der Waals surface area contributed by atoms with Gasteiger partial charge >= 0.3 is 5.97 Å². The van der Waals surface area contributed by atoms with Gasteiger partial charge in [-0.1, -0.05) is 53.5 Å². The third kappa shape index (κ3) is 3.95. The van der Waals surface area contributed by atoms with Gasteiger partial charge in [-0.2, -0.15) is 0 Å². The number of ether oxygens (including phenoxy) is 2. The monoisotopic (exact) mass is 353 g/mol. The average Bonchev–Trinajstić information content (AvgIpc) is 2.54. The van der Waals surface area contributed by atoms with Crippen molar-refractivity contribution in [2.24, 2.45) is 0 Å². The van der Waals surface area contributed by atoms with E-state index in [-0.39, 0.29) is 22.4 Å². The molecule has 6 heteroatoms. The van der Waals surface area contributed by atoms with Crippen LogP contribution in [0.15, 0.2) is 30.3 Å². The third-order valence-corrected chi connectivity index (χ3v) is 4.10. The van der Waals surface area contributed by atoms with Crippen LogP contribution in [0.2, 0.25) is 10.0 Å². The van der Waals surface area contributed by atoms with Crippen LogP contribution in [0.25, 0.3) is 0 Å². The maximum atomic E-state index is 12.3. The number of halogens is 2. The Hall–Kier alpha value is -1.78. The molecule has 122 valence electrons. The zero-order chi connectivity index (χ0) is 17.0. The first-order valence-corrected chi connectivity index (χ1v) is 7.91. The predicted octanol–water partition coefficient (Wildman–Crippen LogP) is 4.69. The summed E-state index contributed by atoms with van der Waals surface area (Å²) >= 11 is 12.5. The molecule has 0 aliphatic heterocycles. The number of pyridine rings is 1. The van der Waals surface area contributed by atoms with Crippen molar-refractivity contribution in [2.75, 3.05) is 6.61 Å². The fraction of sp³-hybridized carbons (Fsp3) is 0.294. The highest BCUT2D eigenvalue weighted by molar-refractivity contribution is 6.37. The van der Waals surface area contributed by atoms with Crippen LogP contribution < -0.4 is 4.74 Å². The van der Waals surface area contributed by atoms with Crippen molar-refractivity contribution in [1.82, 2.24) is 4.98 Å². The maximum Gasteiger partial charge on any atom is 0.352 e. The molecule has 0 aliphatic carbocycles. The fourth-order valence-corrected chi connectivity index (χ4v) is 2.50. The molecule has 0 saturated carbocycles. The van der Waals surface area contributed by atoms with Crippen LogP contribution in [0.4, 0.5) is 0 Å². The van der Waals surface area contributed by atoms with Gasteiger partial charge in [0.15, 0.2) is 5.75 Å². The number of nitrogens with zero attached hydrogens (tertiary/aromatic N) is 1. The summed E-state index contributed by atoms with van der Waals surface area (Å²) in [4.78, 5) is 16.5. The van der Waals surface area contributed by atoms with Crippen LogP contribution in [-0.2, 0) is 9.53 Å². The summed E-state index contributed by atoms with van der Waals surface area (Å²) in [7, 11) is 0. The summed E-state index contributed by atoms with van der Waals surface area (Å²) in [5.74, 6) is -0.266. The van der Waals surface area contributed by atoms with Crippen molar-refractivity contribution in [3.05, 3.63) is 57.3 Å². The van der Waals surface area contributed by atoms with E-state index in [1.807, 2.05) is 18.2 Å². The Bertz CT molecular complexity index is 678. The number of hydrogen-bond acceptors (Lipinski definition) is 4. The van der Waals surface area contributed by atoms with Crippen molar-refractivity contribution in [1.29, 1.82) is 0 Å². The van der Waals surface area contributed by atoms with Crippen LogP contribution in [-0.4, -0.2) is 17.6 Å². The van der Waals surface area contributed by atoms with Crippen molar-refractivity contribution in [3.63, 3.8) is 0 Å². The molecule has 1 heterocycles. The molecule has 2 rings (SSSR count). The first-order chi connectivity index (χ1) is 11.0. The van der Waals surface area contributed by atoms with Crippen molar-refractivity contribution >= 4 is 29.2 Å². The SMILES string of the molecule is CCOC(=O)C(Oc1c(Cl)c(C)nc(C)c1Cl)c1ccccc1. The van der Waals surface area contributed by atoms with E-state index in [4.69, 9.17) is 32.7 Å². The second kappa shape index (κ2) is 7.66. The molecule has 0 spiro atoms. The van der Waals surface area contributed by atoms with E-state index in [2.05, 4.69) is 4.98 Å². The molecule has 0 bridgehead atoms. The Labute approximate surface area is 145 Å². The second-order valence-corrected chi connectivity index (χ2v) is 5.66. The van der Waals surface area contributed by atoms with Gasteiger partial charge in [-0.25, -0.2) is 4.79 Å². The van der Waals surface area contributed by atoms with E-state index in [1.165, 1.54) is 0 Å². The zero-order valence-electron chi connectivity index (χ0n) is 13.1. The molecule has 2 aromatic rings. The molecule has 1 aromatic heterocycles. The Kier molecular flexibility index (Phi) is 5.85. The Balaban J connectivity index is 2.45.